The van der Waals surface area contributed by atoms with Crippen LogP contribution >= 0.6 is 23.1 Å². The van der Waals surface area contributed by atoms with Crippen LogP contribution in [0.3, 0.4) is 0 Å². The van der Waals surface area contributed by atoms with Crippen LogP contribution in [0, 0.1) is 11.8 Å². The molecule has 6 nitrogen and oxygen atoms in total. The number of carbonyl (C=O) groups excluding carboxylic acids is 1. The highest BCUT2D eigenvalue weighted by Crippen LogP contribution is 2.34. The SMILES string of the molecule is CC.CC(C)(C)OC(=O)N1CCC(C2CCN(c3nc(Cl)ns3)CC2)CC1. The summed E-state index contributed by atoms with van der Waals surface area (Å²) in [6.45, 7) is 13.4. The average Bonchev–Trinajstić information content (AvgIpc) is 3.09. The summed E-state index contributed by atoms with van der Waals surface area (Å²) >= 11 is 7.20. The quantitative estimate of drug-likeness (QED) is 0.672. The molecule has 0 unspecified atom stereocenters. The number of halogens is 1. The summed E-state index contributed by atoms with van der Waals surface area (Å²) < 4.78 is 9.54. The van der Waals surface area contributed by atoms with Gasteiger partial charge in [0, 0.05) is 37.7 Å². The van der Waals surface area contributed by atoms with Gasteiger partial charge in [0.15, 0.2) is 0 Å². The second-order valence-corrected chi connectivity index (χ2v) is 9.04. The fourth-order valence-corrected chi connectivity index (χ4v) is 4.63. The predicted molar refractivity (Wildman–Crippen MR) is 112 cm³/mol. The lowest BCUT2D eigenvalue weighted by molar-refractivity contribution is 0.0152. The number of carbonyl (C=O) groups is 1. The van der Waals surface area contributed by atoms with Crippen LogP contribution in [-0.4, -0.2) is 52.1 Å². The monoisotopic (exact) mass is 416 g/mol. The summed E-state index contributed by atoms with van der Waals surface area (Å²) in [5, 5.41) is 1.28. The zero-order valence-corrected chi connectivity index (χ0v) is 18.8. The molecule has 2 aliphatic heterocycles. The number of aromatic nitrogens is 2. The Balaban J connectivity index is 0.00000126. The Labute approximate surface area is 172 Å². The van der Waals surface area contributed by atoms with E-state index in [0.29, 0.717) is 11.2 Å². The van der Waals surface area contributed by atoms with Gasteiger partial charge >= 0.3 is 6.09 Å². The Morgan fingerprint density at radius 3 is 2.04 bits per heavy atom. The standard InChI is InChI=1S/C17H27ClN4O2S.C2H6/c1-17(2,3)24-16(23)22-10-6-13(7-11-22)12-4-8-21(9-5-12)15-19-14(18)20-25-15;1-2/h12-13H,4-11H2,1-3H3;1-2H3. The maximum absolute atomic E-state index is 12.2. The molecule has 27 heavy (non-hydrogen) atoms. The molecular weight excluding hydrogens is 384 g/mol. The predicted octanol–water partition coefficient (Wildman–Crippen LogP) is 5.08. The van der Waals surface area contributed by atoms with E-state index in [1.54, 1.807) is 0 Å². The van der Waals surface area contributed by atoms with Gasteiger partial charge in [-0.1, -0.05) is 13.8 Å². The lowest BCUT2D eigenvalue weighted by Gasteiger charge is -2.40. The van der Waals surface area contributed by atoms with Crippen LogP contribution < -0.4 is 4.90 Å². The first kappa shape index (κ1) is 22.2. The molecule has 1 amide bonds. The maximum atomic E-state index is 12.2. The lowest BCUT2D eigenvalue weighted by atomic mass is 9.79. The van der Waals surface area contributed by atoms with E-state index in [0.717, 1.165) is 50.1 Å². The summed E-state index contributed by atoms with van der Waals surface area (Å²) in [6, 6.07) is 0. The van der Waals surface area contributed by atoms with Crippen LogP contribution in [0.1, 0.15) is 60.3 Å². The average molecular weight is 417 g/mol. The third-order valence-corrected chi connectivity index (χ3v) is 6.10. The van der Waals surface area contributed by atoms with Gasteiger partial charge in [-0.05, 0) is 69.9 Å². The molecule has 3 heterocycles. The second kappa shape index (κ2) is 9.92. The number of nitrogens with zero attached hydrogens (tertiary/aromatic N) is 4. The van der Waals surface area contributed by atoms with Crippen LogP contribution in [0.2, 0.25) is 5.28 Å². The summed E-state index contributed by atoms with van der Waals surface area (Å²) in [7, 11) is 0. The Kier molecular flexibility index (Phi) is 8.16. The van der Waals surface area contributed by atoms with Gasteiger partial charge in [-0.3, -0.25) is 0 Å². The van der Waals surface area contributed by atoms with Crippen molar-refractivity contribution in [1.29, 1.82) is 0 Å². The van der Waals surface area contributed by atoms with E-state index < -0.39 is 5.60 Å². The first-order valence-electron chi connectivity index (χ1n) is 10.0. The zero-order chi connectivity index (χ0) is 20.0. The van der Waals surface area contributed by atoms with Crippen molar-refractivity contribution in [3.05, 3.63) is 5.28 Å². The minimum absolute atomic E-state index is 0.172. The second-order valence-electron chi connectivity index (χ2n) is 7.98. The zero-order valence-electron chi connectivity index (χ0n) is 17.2. The molecule has 0 bridgehead atoms. The van der Waals surface area contributed by atoms with Crippen molar-refractivity contribution >= 4 is 34.4 Å². The molecule has 0 aromatic carbocycles. The van der Waals surface area contributed by atoms with Crippen molar-refractivity contribution in [2.24, 2.45) is 11.8 Å². The summed E-state index contributed by atoms with van der Waals surface area (Å²) in [5.41, 5.74) is -0.422. The molecule has 2 saturated heterocycles. The number of hydrogen-bond acceptors (Lipinski definition) is 6. The fourth-order valence-electron chi connectivity index (χ4n) is 3.77. The van der Waals surface area contributed by atoms with E-state index in [-0.39, 0.29) is 6.09 Å². The summed E-state index contributed by atoms with van der Waals surface area (Å²) in [6.07, 6.45) is 4.33. The molecule has 0 N–H and O–H groups in total. The van der Waals surface area contributed by atoms with Gasteiger partial charge in [0.25, 0.3) is 0 Å². The number of rotatable bonds is 2. The van der Waals surface area contributed by atoms with Gasteiger partial charge in [0.05, 0.1) is 0 Å². The van der Waals surface area contributed by atoms with Crippen molar-refractivity contribution in [3.8, 4) is 0 Å². The summed E-state index contributed by atoms with van der Waals surface area (Å²) in [4.78, 5) is 20.6. The molecule has 1 aromatic rings. The molecule has 3 rings (SSSR count). The van der Waals surface area contributed by atoms with Crippen LogP contribution in [0.15, 0.2) is 0 Å². The molecular formula is C19H33ClN4O2S. The minimum Gasteiger partial charge on any atom is -0.444 e. The highest BCUT2D eigenvalue weighted by Gasteiger charge is 2.32. The van der Waals surface area contributed by atoms with E-state index in [2.05, 4.69) is 14.3 Å². The molecule has 0 aliphatic carbocycles. The number of ether oxygens (including phenoxy) is 1. The van der Waals surface area contributed by atoms with Crippen molar-refractivity contribution in [2.45, 2.75) is 65.9 Å². The highest BCUT2D eigenvalue weighted by atomic mass is 35.5. The number of anilines is 1. The molecule has 2 aliphatic rings. The molecule has 0 saturated carbocycles. The number of hydrogen-bond donors (Lipinski definition) is 0. The van der Waals surface area contributed by atoms with Gasteiger partial charge in [0.2, 0.25) is 10.4 Å². The topological polar surface area (TPSA) is 58.6 Å². The number of likely N-dealkylation sites (tertiary alicyclic amines) is 1. The normalized spacial score (nSPS) is 19.5. The van der Waals surface area contributed by atoms with E-state index in [9.17, 15) is 4.79 Å². The molecule has 2 fully saturated rings. The smallest absolute Gasteiger partial charge is 0.410 e. The number of amides is 1. The van der Waals surface area contributed by atoms with Gasteiger partial charge in [0.1, 0.15) is 5.60 Å². The molecule has 154 valence electrons. The Morgan fingerprint density at radius 2 is 1.59 bits per heavy atom. The first-order chi connectivity index (χ1) is 12.8. The van der Waals surface area contributed by atoms with Gasteiger partial charge in [-0.25, -0.2) is 4.79 Å². The summed E-state index contributed by atoms with van der Waals surface area (Å²) in [5.74, 6) is 1.44. The molecule has 8 heteroatoms. The first-order valence-corrected chi connectivity index (χ1v) is 11.2. The van der Waals surface area contributed by atoms with Crippen LogP contribution in [0.4, 0.5) is 9.93 Å². The highest BCUT2D eigenvalue weighted by molar-refractivity contribution is 7.10. The van der Waals surface area contributed by atoms with Crippen molar-refractivity contribution in [3.63, 3.8) is 0 Å². The molecule has 0 spiro atoms. The molecule has 0 radical (unpaired) electrons. The van der Waals surface area contributed by atoms with Crippen LogP contribution in [0.25, 0.3) is 0 Å². The fraction of sp³-hybridized carbons (Fsp3) is 0.842. The Hall–Kier alpha value is -1.08. The van der Waals surface area contributed by atoms with Gasteiger partial charge < -0.3 is 14.5 Å². The van der Waals surface area contributed by atoms with Crippen molar-refractivity contribution in [1.82, 2.24) is 14.3 Å². The van der Waals surface area contributed by atoms with E-state index in [1.165, 1.54) is 24.4 Å². The van der Waals surface area contributed by atoms with Crippen LogP contribution in [0.5, 0.6) is 0 Å². The minimum atomic E-state index is -0.422. The van der Waals surface area contributed by atoms with E-state index >= 15 is 0 Å². The van der Waals surface area contributed by atoms with Crippen molar-refractivity contribution in [2.75, 3.05) is 31.1 Å². The number of piperidine rings is 2. The van der Waals surface area contributed by atoms with E-state index in [4.69, 9.17) is 16.3 Å². The lowest BCUT2D eigenvalue weighted by Crippen LogP contribution is -2.44. The van der Waals surface area contributed by atoms with Crippen LogP contribution in [-0.2, 0) is 4.74 Å². The largest absolute Gasteiger partial charge is 0.444 e. The van der Waals surface area contributed by atoms with E-state index in [1.807, 2.05) is 39.5 Å². The third-order valence-electron chi connectivity index (χ3n) is 5.06. The van der Waals surface area contributed by atoms with Gasteiger partial charge in [-0.15, -0.1) is 0 Å². The third kappa shape index (κ3) is 6.49. The molecule has 0 atom stereocenters. The van der Waals surface area contributed by atoms with Crippen molar-refractivity contribution < 1.29 is 9.53 Å². The maximum Gasteiger partial charge on any atom is 0.410 e. The van der Waals surface area contributed by atoms with Gasteiger partial charge in [-0.2, -0.15) is 9.36 Å². The Morgan fingerprint density at radius 1 is 1.07 bits per heavy atom. The Bertz CT molecular complexity index is 589. The molecule has 1 aromatic heterocycles.